The second kappa shape index (κ2) is 5.91. The molecule has 1 aliphatic rings. The largest absolute Gasteiger partial charge is 0.465 e. The standard InChI is InChI=1S/C12H17N3O5/c1-2-20-11(17)10-8-7-14(12(18)19)4-3-9(8)13-15(10)5-6-16/h16H,2-7H2,1H3,(H,18,19). The van der Waals surface area contributed by atoms with E-state index in [1.165, 1.54) is 9.58 Å². The van der Waals surface area contributed by atoms with Crippen LogP contribution in [0.2, 0.25) is 0 Å². The van der Waals surface area contributed by atoms with Crippen molar-refractivity contribution in [3.05, 3.63) is 17.0 Å². The highest BCUT2D eigenvalue weighted by Crippen LogP contribution is 2.23. The lowest BCUT2D eigenvalue weighted by atomic mass is 10.1. The lowest BCUT2D eigenvalue weighted by Crippen LogP contribution is -2.35. The van der Waals surface area contributed by atoms with Crippen LogP contribution in [-0.4, -0.2) is 56.7 Å². The van der Waals surface area contributed by atoms with Gasteiger partial charge in [0.2, 0.25) is 0 Å². The molecule has 8 nitrogen and oxygen atoms in total. The summed E-state index contributed by atoms with van der Waals surface area (Å²) in [5, 5.41) is 22.4. The van der Waals surface area contributed by atoms with Crippen LogP contribution in [0.4, 0.5) is 4.79 Å². The first-order chi connectivity index (χ1) is 9.58. The van der Waals surface area contributed by atoms with E-state index in [0.717, 1.165) is 0 Å². The van der Waals surface area contributed by atoms with Gasteiger partial charge in [-0.25, -0.2) is 9.59 Å². The molecule has 0 bridgehead atoms. The van der Waals surface area contributed by atoms with Crippen molar-refractivity contribution < 1.29 is 24.5 Å². The van der Waals surface area contributed by atoms with Crippen molar-refractivity contribution in [1.82, 2.24) is 14.7 Å². The number of nitrogens with zero attached hydrogens (tertiary/aromatic N) is 3. The summed E-state index contributed by atoms with van der Waals surface area (Å²) in [6, 6.07) is 0. The first-order valence-electron chi connectivity index (χ1n) is 6.42. The molecule has 0 aliphatic carbocycles. The summed E-state index contributed by atoms with van der Waals surface area (Å²) in [5.74, 6) is -0.540. The highest BCUT2D eigenvalue weighted by Gasteiger charge is 2.30. The van der Waals surface area contributed by atoms with Gasteiger partial charge in [0, 0.05) is 18.5 Å². The molecule has 0 radical (unpaired) electrons. The number of carbonyl (C=O) groups is 2. The van der Waals surface area contributed by atoms with Gasteiger partial charge in [-0.15, -0.1) is 0 Å². The molecule has 8 heteroatoms. The maximum Gasteiger partial charge on any atom is 0.407 e. The van der Waals surface area contributed by atoms with Crippen molar-refractivity contribution in [3.63, 3.8) is 0 Å². The lowest BCUT2D eigenvalue weighted by Gasteiger charge is -2.23. The third-order valence-electron chi connectivity index (χ3n) is 3.15. The van der Waals surface area contributed by atoms with Gasteiger partial charge < -0.3 is 19.8 Å². The van der Waals surface area contributed by atoms with E-state index < -0.39 is 12.1 Å². The summed E-state index contributed by atoms with van der Waals surface area (Å²) < 4.78 is 6.38. The van der Waals surface area contributed by atoms with E-state index in [-0.39, 0.29) is 32.0 Å². The minimum absolute atomic E-state index is 0.115. The Morgan fingerprint density at radius 3 is 2.80 bits per heavy atom. The Morgan fingerprint density at radius 2 is 2.20 bits per heavy atom. The maximum atomic E-state index is 12.0. The topological polar surface area (TPSA) is 105 Å². The summed E-state index contributed by atoms with van der Waals surface area (Å²) in [5.41, 5.74) is 1.51. The molecule has 0 atom stereocenters. The fourth-order valence-electron chi connectivity index (χ4n) is 2.27. The summed E-state index contributed by atoms with van der Waals surface area (Å²) in [6.07, 6.45) is -0.577. The number of aliphatic hydroxyl groups excluding tert-OH is 1. The molecule has 1 aromatic heterocycles. The number of ether oxygens (including phenoxy) is 1. The quantitative estimate of drug-likeness (QED) is 0.759. The number of hydrogen-bond acceptors (Lipinski definition) is 5. The number of carboxylic acid groups (broad SMARTS) is 1. The van der Waals surface area contributed by atoms with Gasteiger partial charge >= 0.3 is 12.1 Å². The highest BCUT2D eigenvalue weighted by atomic mass is 16.5. The number of aromatic nitrogens is 2. The number of carbonyl (C=O) groups excluding carboxylic acids is 1. The minimum Gasteiger partial charge on any atom is -0.465 e. The zero-order chi connectivity index (χ0) is 14.7. The predicted octanol–water partition coefficient (Wildman–Crippen LogP) is 0.0882. The normalized spacial score (nSPS) is 14.0. The summed E-state index contributed by atoms with van der Waals surface area (Å²) in [4.78, 5) is 24.3. The van der Waals surface area contributed by atoms with Crippen LogP contribution in [0.5, 0.6) is 0 Å². The molecule has 110 valence electrons. The Kier molecular flexibility index (Phi) is 4.23. The number of esters is 1. The monoisotopic (exact) mass is 283 g/mol. The fourth-order valence-corrected chi connectivity index (χ4v) is 2.27. The van der Waals surface area contributed by atoms with Gasteiger partial charge in [-0.2, -0.15) is 5.10 Å². The molecular formula is C12H17N3O5. The van der Waals surface area contributed by atoms with Crippen molar-refractivity contribution in [3.8, 4) is 0 Å². The van der Waals surface area contributed by atoms with Crippen LogP contribution in [0.1, 0.15) is 28.7 Å². The van der Waals surface area contributed by atoms with E-state index in [9.17, 15) is 9.59 Å². The second-order valence-electron chi connectivity index (χ2n) is 4.40. The third kappa shape index (κ3) is 2.60. The van der Waals surface area contributed by atoms with E-state index in [1.807, 2.05) is 0 Å². The molecule has 20 heavy (non-hydrogen) atoms. The molecule has 2 N–H and O–H groups in total. The van der Waals surface area contributed by atoms with Gasteiger partial charge in [0.15, 0.2) is 5.69 Å². The third-order valence-corrected chi connectivity index (χ3v) is 3.15. The molecule has 1 aromatic rings. The van der Waals surface area contributed by atoms with Gasteiger partial charge in [-0.05, 0) is 6.92 Å². The lowest BCUT2D eigenvalue weighted by molar-refractivity contribution is 0.0507. The summed E-state index contributed by atoms with van der Waals surface area (Å²) >= 11 is 0. The van der Waals surface area contributed by atoms with Gasteiger partial charge in [-0.1, -0.05) is 0 Å². The van der Waals surface area contributed by atoms with E-state index in [4.69, 9.17) is 14.9 Å². The van der Waals surface area contributed by atoms with E-state index >= 15 is 0 Å². The molecule has 2 rings (SSSR count). The summed E-state index contributed by atoms with van der Waals surface area (Å²) in [6.45, 7) is 2.40. The number of hydrogen-bond donors (Lipinski definition) is 2. The van der Waals surface area contributed by atoms with Crippen LogP contribution >= 0.6 is 0 Å². The molecule has 0 unspecified atom stereocenters. The van der Waals surface area contributed by atoms with Crippen molar-refractivity contribution in [2.75, 3.05) is 19.8 Å². The van der Waals surface area contributed by atoms with Gasteiger partial charge in [-0.3, -0.25) is 4.68 Å². The van der Waals surface area contributed by atoms with Gasteiger partial charge in [0.05, 0.1) is 32.0 Å². The van der Waals surface area contributed by atoms with Crippen molar-refractivity contribution in [1.29, 1.82) is 0 Å². The van der Waals surface area contributed by atoms with Crippen molar-refractivity contribution >= 4 is 12.1 Å². The van der Waals surface area contributed by atoms with Crippen LogP contribution in [0.3, 0.4) is 0 Å². The number of amides is 1. The average Bonchev–Trinajstić information content (AvgIpc) is 2.76. The Morgan fingerprint density at radius 1 is 1.45 bits per heavy atom. The van der Waals surface area contributed by atoms with E-state index in [0.29, 0.717) is 24.2 Å². The molecule has 0 aromatic carbocycles. The zero-order valence-electron chi connectivity index (χ0n) is 11.2. The van der Waals surface area contributed by atoms with Crippen molar-refractivity contribution in [2.24, 2.45) is 0 Å². The molecule has 1 aliphatic heterocycles. The molecule has 0 saturated carbocycles. The maximum absolute atomic E-state index is 12.0. The van der Waals surface area contributed by atoms with E-state index in [2.05, 4.69) is 5.10 Å². The molecular weight excluding hydrogens is 266 g/mol. The Balaban J connectivity index is 2.39. The predicted molar refractivity (Wildman–Crippen MR) is 67.4 cm³/mol. The minimum atomic E-state index is -1.03. The van der Waals surface area contributed by atoms with Gasteiger partial charge in [0.1, 0.15) is 0 Å². The smallest absolute Gasteiger partial charge is 0.407 e. The SMILES string of the molecule is CCOC(=O)c1c2c(nn1CCO)CCN(C(=O)O)C2. The van der Waals surface area contributed by atoms with Crippen molar-refractivity contribution in [2.45, 2.75) is 26.4 Å². The zero-order valence-corrected chi connectivity index (χ0v) is 11.2. The van der Waals surface area contributed by atoms with Crippen LogP contribution in [0, 0.1) is 0 Å². The van der Waals surface area contributed by atoms with Crippen LogP contribution in [0.15, 0.2) is 0 Å². The number of fused-ring (bicyclic) bond motifs is 1. The average molecular weight is 283 g/mol. The Hall–Kier alpha value is -2.09. The molecule has 0 fully saturated rings. The summed E-state index contributed by atoms with van der Waals surface area (Å²) in [7, 11) is 0. The second-order valence-corrected chi connectivity index (χ2v) is 4.40. The van der Waals surface area contributed by atoms with E-state index in [1.54, 1.807) is 6.92 Å². The Bertz CT molecular complexity index is 525. The van der Waals surface area contributed by atoms with Gasteiger partial charge in [0.25, 0.3) is 0 Å². The Labute approximate surface area is 115 Å². The molecule has 0 saturated heterocycles. The molecule has 1 amide bonds. The van der Waals surface area contributed by atoms with Crippen LogP contribution in [0.25, 0.3) is 0 Å². The van der Waals surface area contributed by atoms with Crippen LogP contribution in [-0.2, 0) is 24.2 Å². The van der Waals surface area contributed by atoms with Crippen LogP contribution < -0.4 is 0 Å². The number of rotatable bonds is 4. The molecule has 2 heterocycles. The fraction of sp³-hybridized carbons (Fsp3) is 0.583. The first-order valence-corrected chi connectivity index (χ1v) is 6.42. The first kappa shape index (κ1) is 14.3. The molecule has 0 spiro atoms. The number of aliphatic hydroxyl groups is 1. The highest BCUT2D eigenvalue weighted by molar-refractivity contribution is 5.89.